The molecule has 20 heavy (non-hydrogen) atoms. The molecule has 0 saturated carbocycles. The van der Waals surface area contributed by atoms with E-state index in [-0.39, 0.29) is 5.91 Å². The summed E-state index contributed by atoms with van der Waals surface area (Å²) in [5.74, 6) is 0.0831. The van der Waals surface area contributed by atoms with Crippen LogP contribution in [-0.2, 0) is 0 Å². The van der Waals surface area contributed by atoms with Gasteiger partial charge >= 0.3 is 0 Å². The first kappa shape index (κ1) is 14.3. The Morgan fingerprint density at radius 3 is 2.45 bits per heavy atom. The molecule has 0 aliphatic heterocycles. The molecule has 2 rings (SSSR count). The fraction of sp³-hybridized carbons (Fsp3) is 0.375. The first-order chi connectivity index (χ1) is 9.77. The third-order valence-corrected chi connectivity index (χ3v) is 3.16. The van der Waals surface area contributed by atoms with E-state index in [1.165, 1.54) is 0 Å². The summed E-state index contributed by atoms with van der Waals surface area (Å²) in [4.78, 5) is 14.6. The zero-order valence-corrected chi connectivity index (χ0v) is 12.1. The third kappa shape index (κ3) is 3.07. The molecule has 1 aromatic heterocycles. The van der Waals surface area contributed by atoms with Gasteiger partial charge in [0.05, 0.1) is 11.3 Å². The minimum atomic E-state index is 0.0831. The van der Waals surface area contributed by atoms with Crippen LogP contribution in [0.3, 0.4) is 0 Å². The lowest BCUT2D eigenvalue weighted by Gasteiger charge is -2.22. The Hall–Kier alpha value is -2.10. The van der Waals surface area contributed by atoms with Gasteiger partial charge in [0, 0.05) is 25.5 Å². The summed E-state index contributed by atoms with van der Waals surface area (Å²) in [5.41, 5.74) is 1.54. The van der Waals surface area contributed by atoms with Gasteiger partial charge in [0.25, 0.3) is 5.91 Å². The zero-order valence-electron chi connectivity index (χ0n) is 12.1. The molecule has 4 heteroatoms. The average Bonchev–Trinajstić information content (AvgIpc) is 3.00. The van der Waals surface area contributed by atoms with Crippen molar-refractivity contribution in [3.05, 3.63) is 48.3 Å². The largest absolute Gasteiger partial charge is 0.339 e. The molecule has 0 atom stereocenters. The van der Waals surface area contributed by atoms with Crippen LogP contribution >= 0.6 is 0 Å². The van der Waals surface area contributed by atoms with E-state index in [2.05, 4.69) is 18.9 Å². The fourth-order valence-corrected chi connectivity index (χ4v) is 2.29. The van der Waals surface area contributed by atoms with Gasteiger partial charge in [-0.3, -0.25) is 4.79 Å². The van der Waals surface area contributed by atoms with E-state index < -0.39 is 0 Å². The van der Waals surface area contributed by atoms with E-state index >= 15 is 0 Å². The van der Waals surface area contributed by atoms with Crippen LogP contribution in [-0.4, -0.2) is 33.7 Å². The van der Waals surface area contributed by atoms with Crippen LogP contribution < -0.4 is 0 Å². The Morgan fingerprint density at radius 2 is 1.85 bits per heavy atom. The zero-order chi connectivity index (χ0) is 14.4. The number of hydrogen-bond donors (Lipinski definition) is 0. The number of amides is 1. The highest BCUT2D eigenvalue weighted by Gasteiger charge is 2.18. The van der Waals surface area contributed by atoms with Crippen molar-refractivity contribution in [2.75, 3.05) is 13.1 Å². The Bertz CT molecular complexity index is 543. The molecule has 0 aliphatic carbocycles. The first-order valence-electron chi connectivity index (χ1n) is 7.16. The summed E-state index contributed by atoms with van der Waals surface area (Å²) in [5, 5.41) is 4.23. The molecule has 1 aromatic carbocycles. The van der Waals surface area contributed by atoms with Gasteiger partial charge in [0.2, 0.25) is 0 Å². The van der Waals surface area contributed by atoms with E-state index in [0.29, 0.717) is 5.56 Å². The molecular formula is C16H21N3O. The number of rotatable bonds is 6. The monoisotopic (exact) mass is 271 g/mol. The first-order valence-corrected chi connectivity index (χ1v) is 7.16. The molecule has 0 fully saturated rings. The van der Waals surface area contributed by atoms with Crippen molar-refractivity contribution < 1.29 is 4.79 Å². The number of carbonyl (C=O) groups excluding carboxylic acids is 1. The smallest absolute Gasteiger partial charge is 0.256 e. The van der Waals surface area contributed by atoms with Crippen molar-refractivity contribution in [1.29, 1.82) is 0 Å². The summed E-state index contributed by atoms with van der Waals surface area (Å²) in [6.07, 6.45) is 5.51. The Labute approximate surface area is 120 Å². The topological polar surface area (TPSA) is 38.1 Å². The van der Waals surface area contributed by atoms with E-state index in [0.717, 1.165) is 31.6 Å². The van der Waals surface area contributed by atoms with Crippen molar-refractivity contribution in [2.45, 2.75) is 26.7 Å². The minimum absolute atomic E-state index is 0.0831. The fourth-order valence-electron chi connectivity index (χ4n) is 2.29. The maximum absolute atomic E-state index is 12.7. The third-order valence-electron chi connectivity index (χ3n) is 3.16. The maximum atomic E-state index is 12.7. The molecule has 2 aromatic rings. The van der Waals surface area contributed by atoms with Crippen LogP contribution in [0.15, 0.2) is 42.7 Å². The van der Waals surface area contributed by atoms with Gasteiger partial charge in [-0.2, -0.15) is 5.10 Å². The summed E-state index contributed by atoms with van der Waals surface area (Å²) in [6.45, 7) is 5.77. The molecule has 0 aliphatic rings. The van der Waals surface area contributed by atoms with E-state index in [1.54, 1.807) is 10.9 Å². The molecule has 0 bridgehead atoms. The van der Waals surface area contributed by atoms with Gasteiger partial charge in [-0.05, 0) is 31.0 Å². The molecule has 1 amide bonds. The number of para-hydroxylation sites is 1. The molecule has 0 unspecified atom stereocenters. The van der Waals surface area contributed by atoms with Crippen LogP contribution in [0.4, 0.5) is 0 Å². The van der Waals surface area contributed by atoms with Crippen LogP contribution in [0.25, 0.3) is 5.69 Å². The quantitative estimate of drug-likeness (QED) is 0.809. The second-order valence-corrected chi connectivity index (χ2v) is 4.76. The second kappa shape index (κ2) is 6.89. The number of nitrogens with zero attached hydrogens (tertiary/aromatic N) is 3. The Balaban J connectivity index is 2.34. The molecule has 1 heterocycles. The molecule has 0 radical (unpaired) electrons. The van der Waals surface area contributed by atoms with Crippen molar-refractivity contribution in [3.63, 3.8) is 0 Å². The summed E-state index contributed by atoms with van der Waals surface area (Å²) in [6, 6.07) is 9.49. The molecule has 0 saturated heterocycles. The highest BCUT2D eigenvalue weighted by atomic mass is 16.2. The van der Waals surface area contributed by atoms with Crippen LogP contribution in [0, 0.1) is 0 Å². The van der Waals surface area contributed by atoms with Crippen molar-refractivity contribution in [1.82, 2.24) is 14.7 Å². The summed E-state index contributed by atoms with van der Waals surface area (Å²) >= 11 is 0. The van der Waals surface area contributed by atoms with Crippen LogP contribution in [0.2, 0.25) is 0 Å². The molecular weight excluding hydrogens is 250 g/mol. The number of hydrogen-bond acceptors (Lipinski definition) is 2. The predicted molar refractivity (Wildman–Crippen MR) is 80.0 cm³/mol. The SMILES string of the molecule is CCCN(CCC)C(=O)c1ccccc1-n1cccn1. The summed E-state index contributed by atoms with van der Waals surface area (Å²) < 4.78 is 1.74. The highest BCUT2D eigenvalue weighted by Crippen LogP contribution is 2.16. The normalized spacial score (nSPS) is 10.5. The lowest BCUT2D eigenvalue weighted by molar-refractivity contribution is 0.0755. The lowest BCUT2D eigenvalue weighted by Crippen LogP contribution is -2.33. The average molecular weight is 271 g/mol. The van der Waals surface area contributed by atoms with Crippen molar-refractivity contribution in [3.8, 4) is 5.69 Å². The number of aromatic nitrogens is 2. The predicted octanol–water partition coefficient (Wildman–Crippen LogP) is 3.13. The standard InChI is InChI=1S/C16H21N3O/c1-3-11-18(12-4-2)16(20)14-8-5-6-9-15(14)19-13-7-10-17-19/h5-10,13H,3-4,11-12H2,1-2H3. The second-order valence-electron chi connectivity index (χ2n) is 4.76. The number of carbonyl (C=O) groups is 1. The van der Waals surface area contributed by atoms with E-state index in [9.17, 15) is 4.79 Å². The molecule has 4 nitrogen and oxygen atoms in total. The van der Waals surface area contributed by atoms with Crippen molar-refractivity contribution >= 4 is 5.91 Å². The van der Waals surface area contributed by atoms with Crippen molar-refractivity contribution in [2.24, 2.45) is 0 Å². The molecule has 106 valence electrons. The van der Waals surface area contributed by atoms with Crippen LogP contribution in [0.5, 0.6) is 0 Å². The van der Waals surface area contributed by atoms with Gasteiger partial charge in [-0.15, -0.1) is 0 Å². The molecule has 0 N–H and O–H groups in total. The molecule has 0 spiro atoms. The Kier molecular flexibility index (Phi) is 4.93. The van der Waals surface area contributed by atoms with Gasteiger partial charge < -0.3 is 4.90 Å². The minimum Gasteiger partial charge on any atom is -0.339 e. The van der Waals surface area contributed by atoms with Gasteiger partial charge in [0.1, 0.15) is 0 Å². The summed E-state index contributed by atoms with van der Waals surface area (Å²) in [7, 11) is 0. The van der Waals surface area contributed by atoms with E-state index in [1.807, 2.05) is 41.4 Å². The van der Waals surface area contributed by atoms with Gasteiger partial charge in [-0.1, -0.05) is 26.0 Å². The van der Waals surface area contributed by atoms with Crippen LogP contribution in [0.1, 0.15) is 37.0 Å². The highest BCUT2D eigenvalue weighted by molar-refractivity contribution is 5.97. The lowest BCUT2D eigenvalue weighted by atomic mass is 10.1. The Morgan fingerprint density at radius 1 is 1.15 bits per heavy atom. The van der Waals surface area contributed by atoms with E-state index in [4.69, 9.17) is 0 Å². The maximum Gasteiger partial charge on any atom is 0.256 e. The van der Waals surface area contributed by atoms with Gasteiger partial charge in [-0.25, -0.2) is 4.68 Å². The number of benzene rings is 1. The van der Waals surface area contributed by atoms with Gasteiger partial charge in [0.15, 0.2) is 0 Å².